The predicted octanol–water partition coefficient (Wildman–Crippen LogP) is -9.13. The molecule has 3 aliphatic heterocycles. The van der Waals surface area contributed by atoms with Gasteiger partial charge >= 0.3 is 11.9 Å². The molecule has 2 unspecified atom stereocenters. The maximum absolute atomic E-state index is 13.2. The van der Waals surface area contributed by atoms with E-state index in [4.69, 9.17) is 18.9 Å². The van der Waals surface area contributed by atoms with Crippen molar-refractivity contribution in [2.24, 2.45) is 0 Å². The van der Waals surface area contributed by atoms with E-state index >= 15 is 0 Å². The molecular weight excluding hydrogens is 504 g/mol. The fourth-order valence-electron chi connectivity index (χ4n) is 4.40. The van der Waals surface area contributed by atoms with Gasteiger partial charge in [-0.3, -0.25) is 0 Å². The van der Waals surface area contributed by atoms with E-state index in [1.54, 1.807) is 0 Å². The van der Waals surface area contributed by atoms with E-state index < -0.39 is 110 Å². The molecule has 0 aromatic heterocycles. The molecule has 0 bridgehead atoms. The molecule has 12 N–H and O–H groups in total. The van der Waals surface area contributed by atoms with Crippen LogP contribution in [0.2, 0.25) is 0 Å². The van der Waals surface area contributed by atoms with Crippen molar-refractivity contribution in [2.45, 2.75) is 71.6 Å². The van der Waals surface area contributed by atoms with E-state index in [0.29, 0.717) is 0 Å². The van der Waals surface area contributed by atoms with Crippen molar-refractivity contribution in [1.82, 2.24) is 0 Å². The molecule has 36 heavy (non-hydrogen) atoms. The normalized spacial score (nSPS) is 52.0. The van der Waals surface area contributed by atoms with Crippen LogP contribution in [0.4, 0.5) is 0 Å². The molecule has 3 rings (SSSR count). The molecule has 0 radical (unpaired) electrons. The van der Waals surface area contributed by atoms with E-state index in [9.17, 15) is 70.9 Å². The second-order valence-corrected chi connectivity index (χ2v) is 8.67. The summed E-state index contributed by atoms with van der Waals surface area (Å²) >= 11 is 0. The third-order valence-electron chi connectivity index (χ3n) is 6.73. The minimum Gasteiger partial charge on any atom is -0.435 e. The van der Waals surface area contributed by atoms with Crippen LogP contribution in [0.3, 0.4) is 0 Å². The minimum atomic E-state index is -3.62. The molecule has 3 heterocycles. The maximum atomic E-state index is 13.2. The van der Waals surface area contributed by atoms with Crippen LogP contribution < -0.4 is 0 Å². The van der Waals surface area contributed by atoms with Gasteiger partial charge in [0.25, 0.3) is 11.2 Å². The molecule has 3 fully saturated rings. The number of carbonyl (C=O) groups is 2. The fourth-order valence-corrected chi connectivity index (χ4v) is 4.40. The first-order valence-corrected chi connectivity index (χ1v) is 10.5. The average Bonchev–Trinajstić information content (AvgIpc) is 2.86. The van der Waals surface area contributed by atoms with Gasteiger partial charge in [-0.05, 0) is 0 Å². The second-order valence-electron chi connectivity index (χ2n) is 8.67. The van der Waals surface area contributed by atoms with E-state index in [0.717, 1.165) is 0 Å². The van der Waals surface area contributed by atoms with Crippen molar-refractivity contribution in [3.05, 3.63) is 0 Å². The third kappa shape index (κ3) is 3.58. The molecule has 0 aliphatic carbocycles. The van der Waals surface area contributed by atoms with Crippen LogP contribution in [-0.4, -0.2) is 171 Å². The molecule has 0 amide bonds. The fraction of sp³-hybridized carbons (Fsp3) is 0.889. The number of cyclic esters (lactones) is 2. The lowest BCUT2D eigenvalue weighted by Gasteiger charge is -2.57. The zero-order valence-electron chi connectivity index (χ0n) is 18.3. The Morgan fingerprint density at radius 2 is 0.889 bits per heavy atom. The highest BCUT2D eigenvalue weighted by Gasteiger charge is 2.79. The molecule has 0 aromatic rings. The molecule has 208 valence electrons. The van der Waals surface area contributed by atoms with Crippen LogP contribution in [0, 0.1) is 0 Å². The van der Waals surface area contributed by atoms with Gasteiger partial charge in [-0.25, -0.2) is 9.59 Å². The van der Waals surface area contributed by atoms with Crippen molar-refractivity contribution < 1.29 is 89.8 Å². The Morgan fingerprint density at radius 1 is 0.583 bits per heavy atom. The lowest BCUT2D eigenvalue weighted by Crippen LogP contribution is -2.84. The standard InChI is InChI=1S/C18H28O18/c19-1-5-7(23)9(25)11(27)17(31,33-5)15(3-21)13(29)36-16(4-22,14(30)35-15)18(32)12(28)10(26)8(24)6(2-20)34-18/h5-12,19-28,31-32H,1-4H2/t5-,6-,7-,8-,9+,10+,11+,12+,15?,16?,17+,18+/m1/s1. The molecule has 0 saturated carbocycles. The van der Waals surface area contributed by atoms with Crippen LogP contribution in [0.1, 0.15) is 0 Å². The molecular formula is C18H28O18. The van der Waals surface area contributed by atoms with Gasteiger partial charge in [-0.2, -0.15) is 0 Å². The summed E-state index contributed by atoms with van der Waals surface area (Å²) < 4.78 is 19.5. The number of hydrogen-bond acceptors (Lipinski definition) is 18. The maximum Gasteiger partial charge on any atom is 0.360 e. The van der Waals surface area contributed by atoms with E-state index in [1.807, 2.05) is 0 Å². The Kier molecular flexibility index (Phi) is 7.72. The van der Waals surface area contributed by atoms with Crippen LogP contribution in [0.5, 0.6) is 0 Å². The van der Waals surface area contributed by atoms with Crippen molar-refractivity contribution in [3.63, 3.8) is 0 Å². The van der Waals surface area contributed by atoms with Crippen LogP contribution in [0.15, 0.2) is 0 Å². The lowest BCUT2D eigenvalue weighted by molar-refractivity contribution is -0.427. The van der Waals surface area contributed by atoms with Gasteiger partial charge in [0.1, 0.15) is 48.8 Å². The van der Waals surface area contributed by atoms with Gasteiger partial charge in [0, 0.05) is 0 Å². The summed E-state index contributed by atoms with van der Waals surface area (Å²) in [6.07, 6.45) is -18.0. The Morgan fingerprint density at radius 3 is 1.14 bits per heavy atom. The zero-order chi connectivity index (χ0) is 27.4. The van der Waals surface area contributed by atoms with Gasteiger partial charge in [-0.15, -0.1) is 0 Å². The Balaban J connectivity index is 2.09. The van der Waals surface area contributed by atoms with Crippen LogP contribution in [0.25, 0.3) is 0 Å². The van der Waals surface area contributed by atoms with Crippen molar-refractivity contribution >= 4 is 11.9 Å². The van der Waals surface area contributed by atoms with Crippen LogP contribution in [-0.2, 0) is 28.5 Å². The molecule has 18 nitrogen and oxygen atoms in total. The summed E-state index contributed by atoms with van der Waals surface area (Å²) in [5, 5.41) is 121. The number of ether oxygens (including phenoxy) is 4. The highest BCUT2D eigenvalue weighted by molar-refractivity contribution is 5.95. The number of hydrogen-bond donors (Lipinski definition) is 12. The first kappa shape index (κ1) is 28.9. The van der Waals surface area contributed by atoms with Crippen molar-refractivity contribution in [1.29, 1.82) is 0 Å². The summed E-state index contributed by atoms with van der Waals surface area (Å²) in [4.78, 5) is 26.3. The minimum absolute atomic E-state index is 1.12. The highest BCUT2D eigenvalue weighted by Crippen LogP contribution is 2.47. The lowest BCUT2D eigenvalue weighted by atomic mass is 9.77. The summed E-state index contributed by atoms with van der Waals surface area (Å²) in [6, 6.07) is 0. The topological polar surface area (TPSA) is 314 Å². The van der Waals surface area contributed by atoms with Gasteiger partial charge in [0.2, 0.25) is 11.6 Å². The Hall–Kier alpha value is -1.62. The number of esters is 2. The van der Waals surface area contributed by atoms with E-state index in [-0.39, 0.29) is 0 Å². The molecule has 3 aliphatic rings. The zero-order valence-corrected chi connectivity index (χ0v) is 18.3. The Bertz CT molecular complexity index is 784. The molecule has 18 heteroatoms. The second kappa shape index (κ2) is 9.60. The number of aliphatic hydroxyl groups is 12. The van der Waals surface area contributed by atoms with Gasteiger partial charge in [0.05, 0.1) is 26.4 Å². The monoisotopic (exact) mass is 532 g/mol. The molecule has 3 saturated heterocycles. The summed E-state index contributed by atoms with van der Waals surface area (Å²) in [7, 11) is 0. The summed E-state index contributed by atoms with van der Waals surface area (Å²) in [6.45, 7) is -5.76. The Labute approximate surface area is 200 Å². The largest absolute Gasteiger partial charge is 0.435 e. The van der Waals surface area contributed by atoms with E-state index in [2.05, 4.69) is 0 Å². The number of rotatable bonds is 6. The third-order valence-corrected chi connectivity index (χ3v) is 6.73. The van der Waals surface area contributed by atoms with Gasteiger partial charge in [-0.1, -0.05) is 0 Å². The molecule has 12 atom stereocenters. The first-order chi connectivity index (χ1) is 16.7. The van der Waals surface area contributed by atoms with Crippen molar-refractivity contribution in [3.8, 4) is 0 Å². The number of aliphatic hydroxyl groups excluding tert-OH is 10. The SMILES string of the molecule is O=C1OC(CO)([C@@]2(O)O[C@H](CO)[C@@H](O)[C@H](O)[C@@H]2O)C(=O)OC1(CO)[C@@]1(O)O[C@H](CO)[C@@H](O)[C@H](O)[C@@H]1O. The number of carbonyl (C=O) groups excluding carboxylic acids is 2. The molecule has 0 aromatic carbocycles. The highest BCUT2D eigenvalue weighted by atomic mass is 16.8. The first-order valence-electron chi connectivity index (χ1n) is 10.5. The summed E-state index contributed by atoms with van der Waals surface area (Å²) in [5.41, 5.74) is -7.00. The quantitative estimate of drug-likeness (QED) is 0.141. The predicted molar refractivity (Wildman–Crippen MR) is 102 cm³/mol. The summed E-state index contributed by atoms with van der Waals surface area (Å²) in [5.74, 6) is -11.4. The van der Waals surface area contributed by atoms with Crippen LogP contribution >= 0.6 is 0 Å². The van der Waals surface area contributed by atoms with Gasteiger partial charge < -0.3 is 80.2 Å². The molecule has 0 spiro atoms. The van der Waals surface area contributed by atoms with E-state index in [1.165, 1.54) is 0 Å². The van der Waals surface area contributed by atoms with Crippen molar-refractivity contribution in [2.75, 3.05) is 26.4 Å². The van der Waals surface area contributed by atoms with Gasteiger partial charge in [0.15, 0.2) is 0 Å². The smallest absolute Gasteiger partial charge is 0.360 e. The average molecular weight is 532 g/mol.